The summed E-state index contributed by atoms with van der Waals surface area (Å²) in [4.78, 5) is 12.1. The lowest BCUT2D eigenvalue weighted by Crippen LogP contribution is -2.03. The van der Waals surface area contributed by atoms with Crippen LogP contribution in [-0.4, -0.2) is 5.78 Å². The Hall–Kier alpha value is -1.41. The summed E-state index contributed by atoms with van der Waals surface area (Å²) in [6.45, 7) is 2.03. The van der Waals surface area contributed by atoms with Crippen LogP contribution in [0.2, 0.25) is 0 Å². The Kier molecular flexibility index (Phi) is 3.75. The molecule has 0 unspecified atom stereocenters. The molecule has 0 atom stereocenters. The number of hydrogen-bond donors (Lipinski definition) is 0. The molecule has 0 fully saturated rings. The van der Waals surface area contributed by atoms with E-state index in [1.807, 2.05) is 49.4 Å². The van der Waals surface area contributed by atoms with Crippen molar-refractivity contribution in [2.75, 3.05) is 0 Å². The Morgan fingerprint density at radius 2 is 1.88 bits per heavy atom. The van der Waals surface area contributed by atoms with E-state index in [9.17, 15) is 4.79 Å². The monoisotopic (exact) mass is 288 g/mol. The van der Waals surface area contributed by atoms with Gasteiger partial charge in [-0.2, -0.15) is 0 Å². The highest BCUT2D eigenvalue weighted by molar-refractivity contribution is 9.10. The summed E-state index contributed by atoms with van der Waals surface area (Å²) in [6.07, 6.45) is 0.456. The van der Waals surface area contributed by atoms with E-state index in [4.69, 9.17) is 0 Å². The van der Waals surface area contributed by atoms with Crippen molar-refractivity contribution in [1.29, 1.82) is 0 Å². The summed E-state index contributed by atoms with van der Waals surface area (Å²) >= 11 is 3.38. The van der Waals surface area contributed by atoms with E-state index in [1.165, 1.54) is 5.56 Å². The molecule has 0 spiro atoms. The zero-order valence-corrected chi connectivity index (χ0v) is 11.2. The SMILES string of the molecule is Cc1cccc(CC(=O)c2cccc(Br)c2)c1. The second-order valence-electron chi connectivity index (χ2n) is 4.10. The van der Waals surface area contributed by atoms with Crippen molar-refractivity contribution < 1.29 is 4.79 Å². The van der Waals surface area contributed by atoms with Gasteiger partial charge in [0.25, 0.3) is 0 Å². The van der Waals surface area contributed by atoms with Crippen molar-refractivity contribution in [3.8, 4) is 0 Å². The van der Waals surface area contributed by atoms with Crippen molar-refractivity contribution in [2.45, 2.75) is 13.3 Å². The summed E-state index contributed by atoms with van der Waals surface area (Å²) in [6, 6.07) is 15.6. The molecule has 2 heteroatoms. The minimum Gasteiger partial charge on any atom is -0.294 e. The van der Waals surface area contributed by atoms with Gasteiger partial charge in [0.05, 0.1) is 0 Å². The lowest BCUT2D eigenvalue weighted by atomic mass is 10.0. The predicted octanol–water partition coefficient (Wildman–Crippen LogP) is 4.18. The van der Waals surface area contributed by atoms with E-state index in [1.54, 1.807) is 0 Å². The number of rotatable bonds is 3. The number of benzene rings is 2. The molecule has 0 aliphatic carbocycles. The number of carbonyl (C=O) groups excluding carboxylic acids is 1. The standard InChI is InChI=1S/C15H13BrO/c1-11-4-2-5-12(8-11)9-15(17)13-6-3-7-14(16)10-13/h2-8,10H,9H2,1H3. The molecule has 0 aromatic heterocycles. The quantitative estimate of drug-likeness (QED) is 0.775. The van der Waals surface area contributed by atoms with E-state index < -0.39 is 0 Å². The first-order valence-corrected chi connectivity index (χ1v) is 6.29. The molecule has 0 aliphatic rings. The Bertz CT molecular complexity index is 546. The van der Waals surface area contributed by atoms with Gasteiger partial charge in [0, 0.05) is 16.5 Å². The van der Waals surface area contributed by atoms with Gasteiger partial charge in [0.1, 0.15) is 0 Å². The summed E-state index contributed by atoms with van der Waals surface area (Å²) in [7, 11) is 0. The van der Waals surface area contributed by atoms with Crippen molar-refractivity contribution >= 4 is 21.7 Å². The van der Waals surface area contributed by atoms with Crippen LogP contribution in [0.15, 0.2) is 53.0 Å². The summed E-state index contributed by atoms with van der Waals surface area (Å²) in [5.74, 6) is 0.150. The number of ketones is 1. The summed E-state index contributed by atoms with van der Waals surface area (Å²) < 4.78 is 0.938. The maximum Gasteiger partial charge on any atom is 0.167 e. The number of Topliss-reactive ketones (excluding diaryl/α,β-unsaturated/α-hetero) is 1. The molecule has 0 aliphatic heterocycles. The fourth-order valence-electron chi connectivity index (χ4n) is 1.77. The molecule has 0 amide bonds. The number of halogens is 1. The first-order chi connectivity index (χ1) is 8.15. The van der Waals surface area contributed by atoms with Crippen LogP contribution >= 0.6 is 15.9 Å². The molecule has 0 bridgehead atoms. The average molecular weight is 289 g/mol. The first-order valence-electron chi connectivity index (χ1n) is 5.49. The smallest absolute Gasteiger partial charge is 0.167 e. The van der Waals surface area contributed by atoms with Crippen molar-refractivity contribution in [2.24, 2.45) is 0 Å². The number of hydrogen-bond acceptors (Lipinski definition) is 1. The molecule has 2 aromatic carbocycles. The molecule has 1 nitrogen and oxygen atoms in total. The second kappa shape index (κ2) is 5.28. The highest BCUT2D eigenvalue weighted by Gasteiger charge is 2.07. The minimum absolute atomic E-state index is 0.150. The molecule has 2 rings (SSSR count). The third-order valence-corrected chi connectivity index (χ3v) is 3.09. The van der Waals surface area contributed by atoms with Crippen LogP contribution in [0.3, 0.4) is 0 Å². The van der Waals surface area contributed by atoms with Crippen LogP contribution in [0.5, 0.6) is 0 Å². The Balaban J connectivity index is 2.17. The van der Waals surface area contributed by atoms with E-state index >= 15 is 0 Å². The average Bonchev–Trinajstić information content (AvgIpc) is 2.29. The van der Waals surface area contributed by atoms with Gasteiger partial charge in [-0.1, -0.05) is 57.9 Å². The molecule has 17 heavy (non-hydrogen) atoms. The van der Waals surface area contributed by atoms with E-state index in [2.05, 4.69) is 22.0 Å². The van der Waals surface area contributed by atoms with E-state index in [0.717, 1.165) is 15.6 Å². The van der Waals surface area contributed by atoms with E-state index in [0.29, 0.717) is 6.42 Å². The van der Waals surface area contributed by atoms with Gasteiger partial charge in [-0.3, -0.25) is 4.79 Å². The van der Waals surface area contributed by atoms with Crippen molar-refractivity contribution in [1.82, 2.24) is 0 Å². The lowest BCUT2D eigenvalue weighted by Gasteiger charge is -2.03. The van der Waals surface area contributed by atoms with Gasteiger partial charge in [-0.15, -0.1) is 0 Å². The maximum absolute atomic E-state index is 12.1. The minimum atomic E-state index is 0.150. The highest BCUT2D eigenvalue weighted by atomic mass is 79.9. The lowest BCUT2D eigenvalue weighted by molar-refractivity contribution is 0.0993. The van der Waals surface area contributed by atoms with Crippen LogP contribution in [0.1, 0.15) is 21.5 Å². The predicted molar refractivity (Wildman–Crippen MR) is 73.4 cm³/mol. The van der Waals surface area contributed by atoms with Gasteiger partial charge in [0.15, 0.2) is 5.78 Å². The van der Waals surface area contributed by atoms with Crippen molar-refractivity contribution in [3.05, 3.63) is 69.7 Å². The number of aryl methyl sites for hydroxylation is 1. The molecule has 2 aromatic rings. The molecular weight excluding hydrogens is 276 g/mol. The van der Waals surface area contributed by atoms with Crippen LogP contribution in [0, 0.1) is 6.92 Å². The van der Waals surface area contributed by atoms with Gasteiger partial charge in [-0.25, -0.2) is 0 Å². The first kappa shape index (κ1) is 12.1. The fraction of sp³-hybridized carbons (Fsp3) is 0.133. The largest absolute Gasteiger partial charge is 0.294 e. The second-order valence-corrected chi connectivity index (χ2v) is 5.02. The van der Waals surface area contributed by atoms with Gasteiger partial charge in [0.2, 0.25) is 0 Å². The third kappa shape index (κ3) is 3.27. The summed E-state index contributed by atoms with van der Waals surface area (Å²) in [5, 5.41) is 0. The van der Waals surface area contributed by atoms with Gasteiger partial charge >= 0.3 is 0 Å². The van der Waals surface area contributed by atoms with Crippen LogP contribution in [-0.2, 0) is 6.42 Å². The van der Waals surface area contributed by atoms with Crippen LogP contribution in [0.25, 0.3) is 0 Å². The van der Waals surface area contributed by atoms with E-state index in [-0.39, 0.29) is 5.78 Å². The van der Waals surface area contributed by atoms with Crippen LogP contribution < -0.4 is 0 Å². The molecule has 0 saturated carbocycles. The van der Waals surface area contributed by atoms with Crippen molar-refractivity contribution in [3.63, 3.8) is 0 Å². The maximum atomic E-state index is 12.1. The Labute approximate surface area is 110 Å². The van der Waals surface area contributed by atoms with Crippen LogP contribution in [0.4, 0.5) is 0 Å². The Morgan fingerprint density at radius 1 is 1.12 bits per heavy atom. The summed E-state index contributed by atoms with van der Waals surface area (Å²) in [5.41, 5.74) is 3.00. The highest BCUT2D eigenvalue weighted by Crippen LogP contribution is 2.14. The molecule has 0 heterocycles. The molecule has 86 valence electrons. The zero-order chi connectivity index (χ0) is 12.3. The third-order valence-electron chi connectivity index (χ3n) is 2.59. The molecular formula is C15H13BrO. The zero-order valence-electron chi connectivity index (χ0n) is 9.61. The normalized spacial score (nSPS) is 10.2. The molecule has 0 radical (unpaired) electrons. The molecule has 0 saturated heterocycles. The van der Waals surface area contributed by atoms with Gasteiger partial charge < -0.3 is 0 Å². The molecule has 0 N–H and O–H groups in total. The number of carbonyl (C=O) groups is 1. The Morgan fingerprint density at radius 3 is 2.59 bits per heavy atom. The fourth-order valence-corrected chi connectivity index (χ4v) is 2.17. The van der Waals surface area contributed by atoms with Gasteiger partial charge in [-0.05, 0) is 24.6 Å². The topological polar surface area (TPSA) is 17.1 Å².